The van der Waals surface area contributed by atoms with Gasteiger partial charge in [0, 0.05) is 37.1 Å². The fourth-order valence-electron chi connectivity index (χ4n) is 8.76. The van der Waals surface area contributed by atoms with Gasteiger partial charge in [0.2, 0.25) is 17.5 Å². The Labute approximate surface area is 220 Å². The summed E-state index contributed by atoms with van der Waals surface area (Å²) in [5.41, 5.74) is 6.81. The zero-order chi connectivity index (χ0) is 25.0. The maximum atomic E-state index is 11.3. The Bertz CT molecular complexity index is 952. The van der Waals surface area contributed by atoms with E-state index in [2.05, 4.69) is 29.2 Å². The number of carbonyl (C=O) groups excluding carboxylic acids is 1. The van der Waals surface area contributed by atoms with Crippen molar-refractivity contribution in [2.45, 2.75) is 88.1 Å². The zero-order valence-electron chi connectivity index (χ0n) is 21.9. The number of rotatable bonds is 6. The van der Waals surface area contributed by atoms with E-state index in [1.54, 1.807) is 0 Å². The lowest BCUT2D eigenvalue weighted by molar-refractivity contribution is -0.390. The van der Waals surface area contributed by atoms with E-state index in [0.29, 0.717) is 24.4 Å². The Morgan fingerprint density at radius 3 is 2.19 bits per heavy atom. The molecule has 37 heavy (non-hydrogen) atoms. The quantitative estimate of drug-likeness (QED) is 0.556. The first-order valence-electron chi connectivity index (χ1n) is 14.8. The van der Waals surface area contributed by atoms with Crippen LogP contribution < -0.4 is 10.5 Å². The van der Waals surface area contributed by atoms with Crippen LogP contribution in [-0.4, -0.2) is 48.6 Å². The summed E-state index contributed by atoms with van der Waals surface area (Å²) in [4.78, 5) is 26.0. The highest BCUT2D eigenvalue weighted by atomic mass is 17.3. The number of nitrogens with two attached hydrogens (primary N) is 1. The molecule has 2 saturated heterocycles. The molecular weight excluding hydrogens is 468 g/mol. The zero-order valence-corrected chi connectivity index (χ0v) is 21.9. The summed E-state index contributed by atoms with van der Waals surface area (Å²) in [5, 5.41) is 0. The largest absolute Gasteiger partial charge is 0.492 e. The van der Waals surface area contributed by atoms with Crippen LogP contribution in [0.3, 0.4) is 0 Å². The van der Waals surface area contributed by atoms with Crippen LogP contribution in [-0.2, 0) is 19.3 Å². The molecule has 1 amide bonds. The summed E-state index contributed by atoms with van der Waals surface area (Å²) in [7, 11) is 0. The average molecular weight is 511 g/mol. The molecule has 5 saturated carbocycles. The van der Waals surface area contributed by atoms with Crippen molar-refractivity contribution in [2.75, 3.05) is 26.2 Å². The number of carbonyl (C=O) groups is 1. The van der Waals surface area contributed by atoms with Crippen LogP contribution >= 0.6 is 0 Å². The molecule has 1 aromatic carbocycles. The Balaban J connectivity index is 0.888. The summed E-state index contributed by atoms with van der Waals surface area (Å²) < 4.78 is 12.9. The first-order chi connectivity index (χ1) is 18.0. The van der Waals surface area contributed by atoms with Crippen molar-refractivity contribution in [1.82, 2.24) is 4.90 Å². The minimum Gasteiger partial charge on any atom is -0.492 e. The molecule has 2 spiro atoms. The van der Waals surface area contributed by atoms with Crippen molar-refractivity contribution in [3.63, 3.8) is 0 Å². The Morgan fingerprint density at radius 2 is 1.57 bits per heavy atom. The molecule has 0 aromatic heterocycles. The molecule has 2 aliphatic heterocycles. The summed E-state index contributed by atoms with van der Waals surface area (Å²) >= 11 is 0. The van der Waals surface area contributed by atoms with E-state index in [4.69, 9.17) is 25.0 Å². The lowest BCUT2D eigenvalue weighted by Gasteiger charge is -2.57. The molecule has 5 aliphatic carbocycles. The minimum absolute atomic E-state index is 0.0391. The van der Waals surface area contributed by atoms with Gasteiger partial charge in [-0.05, 0) is 106 Å². The van der Waals surface area contributed by atoms with Gasteiger partial charge in [-0.2, -0.15) is 9.78 Å². The van der Waals surface area contributed by atoms with Crippen LogP contribution in [0.4, 0.5) is 0 Å². The number of ether oxygens (including phenoxy) is 2. The molecular formula is C30H42N2O5. The predicted molar refractivity (Wildman–Crippen MR) is 137 cm³/mol. The molecule has 7 heteroatoms. The highest BCUT2D eigenvalue weighted by Crippen LogP contribution is 2.64. The first kappa shape index (κ1) is 24.4. The van der Waals surface area contributed by atoms with Crippen LogP contribution in [0.15, 0.2) is 24.3 Å². The van der Waals surface area contributed by atoms with Crippen molar-refractivity contribution < 1.29 is 24.0 Å². The Kier molecular flexibility index (Phi) is 6.26. The third-order valence-electron chi connectivity index (χ3n) is 10.7. The van der Waals surface area contributed by atoms with E-state index in [-0.39, 0.29) is 11.8 Å². The van der Waals surface area contributed by atoms with Crippen LogP contribution in [0, 0.1) is 29.6 Å². The normalized spacial score (nSPS) is 41.6. The molecule has 0 radical (unpaired) electrons. The van der Waals surface area contributed by atoms with E-state index in [1.165, 1.54) is 37.7 Å². The number of piperidine rings is 1. The standard InChI is InChI=1S/C30H42N2O5/c31-28(33)24-7-11-32(12-8-24)13-14-34-27-3-1-22(2-4-27)23-5-9-29(10-6-23)35-30(37-36-29)25-16-20-15-21(18-25)19-26(30)17-20/h1-4,20-21,23-26H,5-19H2,(H2,31,33). The van der Waals surface area contributed by atoms with Gasteiger partial charge in [0.05, 0.1) is 0 Å². The van der Waals surface area contributed by atoms with E-state index >= 15 is 0 Å². The summed E-state index contributed by atoms with van der Waals surface area (Å²) in [6, 6.07) is 8.66. The fraction of sp³-hybridized carbons (Fsp3) is 0.767. The number of likely N-dealkylation sites (tertiary alicyclic amines) is 1. The van der Waals surface area contributed by atoms with Crippen molar-refractivity contribution >= 4 is 5.91 Å². The summed E-state index contributed by atoms with van der Waals surface area (Å²) in [6.45, 7) is 3.37. The number of primary amides is 1. The molecule has 4 bridgehead atoms. The number of benzene rings is 1. The Morgan fingerprint density at radius 1 is 0.919 bits per heavy atom. The monoisotopic (exact) mass is 510 g/mol. The fourth-order valence-corrected chi connectivity index (χ4v) is 8.76. The number of nitrogens with zero attached hydrogens (tertiary/aromatic N) is 1. The van der Waals surface area contributed by atoms with Crippen molar-refractivity contribution in [3.05, 3.63) is 29.8 Å². The van der Waals surface area contributed by atoms with Crippen LogP contribution in [0.2, 0.25) is 0 Å². The second kappa shape index (κ2) is 9.51. The van der Waals surface area contributed by atoms with E-state index < -0.39 is 11.6 Å². The molecule has 2 heterocycles. The van der Waals surface area contributed by atoms with E-state index in [0.717, 1.165) is 75.7 Å². The van der Waals surface area contributed by atoms with Gasteiger partial charge < -0.3 is 15.2 Å². The number of amides is 1. The number of hydrogen-bond donors (Lipinski definition) is 1. The first-order valence-corrected chi connectivity index (χ1v) is 14.8. The average Bonchev–Trinajstić information content (AvgIpc) is 3.28. The van der Waals surface area contributed by atoms with E-state index in [9.17, 15) is 4.79 Å². The lowest BCUT2D eigenvalue weighted by Crippen LogP contribution is -2.59. The highest BCUT2D eigenvalue weighted by molar-refractivity contribution is 5.76. The molecule has 7 aliphatic rings. The Hall–Kier alpha value is -1.67. The van der Waals surface area contributed by atoms with Crippen LogP contribution in [0.1, 0.15) is 82.1 Å². The van der Waals surface area contributed by atoms with E-state index in [1.807, 2.05) is 0 Å². The molecule has 2 N–H and O–H groups in total. The maximum absolute atomic E-state index is 11.3. The van der Waals surface area contributed by atoms with Crippen molar-refractivity contribution in [2.24, 2.45) is 35.3 Å². The second-order valence-corrected chi connectivity index (χ2v) is 12.9. The van der Waals surface area contributed by atoms with Gasteiger partial charge >= 0.3 is 0 Å². The predicted octanol–water partition coefficient (Wildman–Crippen LogP) is 4.75. The van der Waals surface area contributed by atoms with Gasteiger partial charge in [-0.25, -0.2) is 0 Å². The minimum atomic E-state index is -0.541. The van der Waals surface area contributed by atoms with Gasteiger partial charge in [-0.3, -0.25) is 9.69 Å². The molecule has 202 valence electrons. The van der Waals surface area contributed by atoms with Gasteiger partial charge in [-0.15, -0.1) is 0 Å². The molecule has 7 fully saturated rings. The van der Waals surface area contributed by atoms with Gasteiger partial charge in [-0.1, -0.05) is 12.1 Å². The van der Waals surface area contributed by atoms with Crippen molar-refractivity contribution in [3.8, 4) is 5.75 Å². The highest BCUT2D eigenvalue weighted by Gasteiger charge is 2.66. The van der Waals surface area contributed by atoms with Crippen molar-refractivity contribution in [1.29, 1.82) is 0 Å². The lowest BCUT2D eigenvalue weighted by atomic mass is 9.53. The summed E-state index contributed by atoms with van der Waals surface area (Å²) in [6.07, 6.45) is 12.1. The topological polar surface area (TPSA) is 83.3 Å². The van der Waals surface area contributed by atoms with Gasteiger partial charge in [0.25, 0.3) is 0 Å². The SMILES string of the molecule is NC(=O)C1CCN(CCOc2ccc(C3CCC4(CC3)OOC3(O4)C4CC5CC(C4)CC3C5)cc2)CC1. The van der Waals surface area contributed by atoms with Gasteiger partial charge in [0.15, 0.2) is 0 Å². The number of hydrogen-bond acceptors (Lipinski definition) is 6. The van der Waals surface area contributed by atoms with Gasteiger partial charge in [0.1, 0.15) is 12.4 Å². The summed E-state index contributed by atoms with van der Waals surface area (Å²) in [5.74, 6) is 3.14. The second-order valence-electron chi connectivity index (χ2n) is 12.9. The smallest absolute Gasteiger partial charge is 0.220 e. The van der Waals surface area contributed by atoms with Crippen LogP contribution in [0.25, 0.3) is 0 Å². The third kappa shape index (κ3) is 4.50. The van der Waals surface area contributed by atoms with Crippen LogP contribution in [0.5, 0.6) is 5.75 Å². The molecule has 8 rings (SSSR count). The molecule has 1 aromatic rings. The maximum Gasteiger partial charge on any atom is 0.220 e. The third-order valence-corrected chi connectivity index (χ3v) is 10.7. The molecule has 0 unspecified atom stereocenters. The molecule has 0 atom stereocenters. The molecule has 7 nitrogen and oxygen atoms in total.